The van der Waals surface area contributed by atoms with Crippen molar-refractivity contribution < 1.29 is 9.53 Å². The van der Waals surface area contributed by atoms with Gasteiger partial charge in [-0.2, -0.15) is 0 Å². The lowest BCUT2D eigenvalue weighted by atomic mass is 10.1. The summed E-state index contributed by atoms with van der Waals surface area (Å²) >= 11 is 7.48. The number of nitrogens with one attached hydrogen (secondary N) is 1. The van der Waals surface area contributed by atoms with Gasteiger partial charge < -0.3 is 14.6 Å². The number of aromatic nitrogens is 1. The molecule has 2 heterocycles. The van der Waals surface area contributed by atoms with Crippen molar-refractivity contribution in [1.29, 1.82) is 0 Å². The number of ether oxygens (including phenoxy) is 1. The van der Waals surface area contributed by atoms with Crippen molar-refractivity contribution in [3.8, 4) is 5.75 Å². The maximum absolute atomic E-state index is 13.4. The zero-order valence-corrected chi connectivity index (χ0v) is 17.8. The highest BCUT2D eigenvalue weighted by Gasteiger charge is 2.23. The fourth-order valence-corrected chi connectivity index (χ4v) is 4.74. The highest BCUT2D eigenvalue weighted by molar-refractivity contribution is 7.21. The first-order valence-corrected chi connectivity index (χ1v) is 10.3. The third kappa shape index (κ3) is 3.39. The number of rotatable bonds is 4. The Morgan fingerprint density at radius 2 is 1.97 bits per heavy atom. The molecule has 5 nitrogen and oxygen atoms in total. The second-order valence-corrected chi connectivity index (χ2v) is 8.21. The Bertz CT molecular complexity index is 1310. The molecular weight excluding hydrogens is 408 g/mol. The standard InChI is InChI=1S/C22H19ClN2O3S/c1-4-25(17-10-13(23)6-8-18(17)28-3)22(27)19-11-15-20(29-19)14-9-12(2)5-7-16(14)24-21(15)26/h5-11H,4H2,1-3H3,(H,24,26). The number of thiophene rings is 1. The normalized spacial score (nSPS) is 11.2. The molecule has 0 atom stereocenters. The maximum Gasteiger partial charge on any atom is 0.268 e. The molecule has 0 radical (unpaired) electrons. The van der Waals surface area contributed by atoms with Crippen LogP contribution in [0.5, 0.6) is 5.75 Å². The fraction of sp³-hybridized carbons (Fsp3) is 0.182. The Kier molecular flexibility index (Phi) is 5.06. The van der Waals surface area contributed by atoms with Gasteiger partial charge in [0, 0.05) is 27.2 Å². The number of pyridine rings is 1. The molecule has 2 aromatic heterocycles. The highest BCUT2D eigenvalue weighted by Crippen LogP contribution is 2.35. The minimum Gasteiger partial charge on any atom is -0.495 e. The number of amides is 1. The molecule has 0 aliphatic rings. The van der Waals surface area contributed by atoms with Gasteiger partial charge in [0.25, 0.3) is 11.5 Å². The molecule has 0 saturated carbocycles. The largest absolute Gasteiger partial charge is 0.495 e. The number of nitrogens with zero attached hydrogens (tertiary/aromatic N) is 1. The molecular formula is C22H19ClN2O3S. The number of benzene rings is 2. The van der Waals surface area contributed by atoms with Gasteiger partial charge in [0.2, 0.25) is 0 Å². The topological polar surface area (TPSA) is 62.4 Å². The second-order valence-electron chi connectivity index (χ2n) is 6.72. The predicted molar refractivity (Wildman–Crippen MR) is 120 cm³/mol. The number of aromatic amines is 1. The van der Waals surface area contributed by atoms with E-state index in [4.69, 9.17) is 16.3 Å². The number of anilines is 1. The Labute approximate surface area is 176 Å². The minimum atomic E-state index is -0.200. The summed E-state index contributed by atoms with van der Waals surface area (Å²) in [6.07, 6.45) is 0. The molecule has 4 aromatic rings. The summed E-state index contributed by atoms with van der Waals surface area (Å²) in [5.74, 6) is 0.360. The fourth-order valence-electron chi connectivity index (χ4n) is 3.44. The van der Waals surface area contributed by atoms with E-state index in [-0.39, 0.29) is 11.5 Å². The van der Waals surface area contributed by atoms with Gasteiger partial charge in [-0.1, -0.05) is 23.2 Å². The third-order valence-electron chi connectivity index (χ3n) is 4.85. The van der Waals surface area contributed by atoms with E-state index in [9.17, 15) is 9.59 Å². The summed E-state index contributed by atoms with van der Waals surface area (Å²) in [7, 11) is 1.55. The van der Waals surface area contributed by atoms with Crippen LogP contribution < -0.4 is 15.2 Å². The molecule has 0 unspecified atom stereocenters. The second kappa shape index (κ2) is 7.54. The zero-order valence-electron chi connectivity index (χ0n) is 16.2. The van der Waals surface area contributed by atoms with E-state index in [2.05, 4.69) is 4.98 Å². The number of carbonyl (C=O) groups excluding carboxylic acids is 1. The van der Waals surface area contributed by atoms with Gasteiger partial charge in [0.05, 0.1) is 23.1 Å². The number of aryl methyl sites for hydroxylation is 1. The van der Waals surface area contributed by atoms with Crippen LogP contribution in [0, 0.1) is 6.92 Å². The molecule has 0 fully saturated rings. The lowest BCUT2D eigenvalue weighted by molar-refractivity contribution is 0.0991. The van der Waals surface area contributed by atoms with Crippen LogP contribution in [0.2, 0.25) is 5.02 Å². The Morgan fingerprint density at radius 3 is 2.69 bits per heavy atom. The lowest BCUT2D eigenvalue weighted by Crippen LogP contribution is -2.30. The van der Waals surface area contributed by atoms with Gasteiger partial charge in [0.15, 0.2) is 0 Å². The first-order valence-electron chi connectivity index (χ1n) is 9.14. The minimum absolute atomic E-state index is 0.199. The monoisotopic (exact) mass is 426 g/mol. The van der Waals surface area contributed by atoms with Gasteiger partial charge >= 0.3 is 0 Å². The number of hydrogen-bond acceptors (Lipinski definition) is 4. The quantitative estimate of drug-likeness (QED) is 0.476. The number of H-pyrrole nitrogens is 1. The maximum atomic E-state index is 13.4. The predicted octanol–water partition coefficient (Wildman–Crippen LogP) is 5.38. The van der Waals surface area contributed by atoms with E-state index in [0.717, 1.165) is 21.2 Å². The van der Waals surface area contributed by atoms with Gasteiger partial charge in [-0.05, 0) is 50.2 Å². The molecule has 1 N–H and O–H groups in total. The number of methoxy groups -OCH3 is 1. The zero-order chi connectivity index (χ0) is 20.7. The lowest BCUT2D eigenvalue weighted by Gasteiger charge is -2.22. The Balaban J connectivity index is 1.87. The van der Waals surface area contributed by atoms with Crippen molar-refractivity contribution in [2.24, 2.45) is 0 Å². The van der Waals surface area contributed by atoms with E-state index in [1.807, 2.05) is 32.0 Å². The van der Waals surface area contributed by atoms with Crippen LogP contribution in [0.1, 0.15) is 22.2 Å². The summed E-state index contributed by atoms with van der Waals surface area (Å²) in [6, 6.07) is 12.7. The Morgan fingerprint density at radius 1 is 1.17 bits per heavy atom. The van der Waals surface area contributed by atoms with Crippen molar-refractivity contribution in [2.75, 3.05) is 18.6 Å². The van der Waals surface area contributed by atoms with Crippen LogP contribution in [-0.4, -0.2) is 24.5 Å². The average Bonchev–Trinajstić information content (AvgIpc) is 3.16. The highest BCUT2D eigenvalue weighted by atomic mass is 35.5. The van der Waals surface area contributed by atoms with Crippen molar-refractivity contribution in [3.05, 3.63) is 68.3 Å². The summed E-state index contributed by atoms with van der Waals surface area (Å²) < 4.78 is 6.22. The first-order chi connectivity index (χ1) is 13.9. The smallest absolute Gasteiger partial charge is 0.268 e. The molecule has 1 amide bonds. The number of hydrogen-bond donors (Lipinski definition) is 1. The van der Waals surface area contributed by atoms with Crippen molar-refractivity contribution >= 4 is 55.5 Å². The van der Waals surface area contributed by atoms with Gasteiger partial charge in [-0.15, -0.1) is 11.3 Å². The number of fused-ring (bicyclic) bond motifs is 3. The van der Waals surface area contributed by atoms with Crippen LogP contribution in [0.15, 0.2) is 47.3 Å². The van der Waals surface area contributed by atoms with Crippen molar-refractivity contribution in [2.45, 2.75) is 13.8 Å². The molecule has 4 rings (SSSR count). The molecule has 29 heavy (non-hydrogen) atoms. The number of carbonyl (C=O) groups is 1. The van der Waals surface area contributed by atoms with Crippen LogP contribution in [0.4, 0.5) is 5.69 Å². The molecule has 0 saturated heterocycles. The molecule has 148 valence electrons. The summed E-state index contributed by atoms with van der Waals surface area (Å²) in [5, 5.41) is 1.97. The van der Waals surface area contributed by atoms with Crippen LogP contribution in [-0.2, 0) is 0 Å². The molecule has 7 heteroatoms. The van der Waals surface area contributed by atoms with Gasteiger partial charge in [0.1, 0.15) is 5.75 Å². The van der Waals surface area contributed by atoms with Crippen LogP contribution in [0.3, 0.4) is 0 Å². The average molecular weight is 427 g/mol. The molecule has 0 aliphatic carbocycles. The van der Waals surface area contributed by atoms with E-state index in [1.165, 1.54) is 11.3 Å². The molecule has 2 aromatic carbocycles. The van der Waals surface area contributed by atoms with Crippen molar-refractivity contribution in [1.82, 2.24) is 4.98 Å². The Hall–Kier alpha value is -2.83. The van der Waals surface area contributed by atoms with E-state index in [0.29, 0.717) is 33.3 Å². The summed E-state index contributed by atoms with van der Waals surface area (Å²) in [6.45, 7) is 4.32. The molecule has 0 spiro atoms. The summed E-state index contributed by atoms with van der Waals surface area (Å²) in [4.78, 5) is 30.9. The SMILES string of the molecule is CCN(C(=O)c1cc2c(=O)[nH]c3ccc(C)cc3c2s1)c1cc(Cl)ccc1OC. The van der Waals surface area contributed by atoms with Gasteiger partial charge in [-0.3, -0.25) is 9.59 Å². The van der Waals surface area contributed by atoms with E-state index < -0.39 is 0 Å². The van der Waals surface area contributed by atoms with Crippen molar-refractivity contribution in [3.63, 3.8) is 0 Å². The molecule has 0 bridgehead atoms. The van der Waals surface area contributed by atoms with E-state index >= 15 is 0 Å². The van der Waals surface area contributed by atoms with Gasteiger partial charge in [-0.25, -0.2) is 0 Å². The van der Waals surface area contributed by atoms with E-state index in [1.54, 1.807) is 36.3 Å². The van der Waals surface area contributed by atoms with Crippen LogP contribution in [0.25, 0.3) is 21.0 Å². The summed E-state index contributed by atoms with van der Waals surface area (Å²) in [5.41, 5.74) is 2.25. The third-order valence-corrected chi connectivity index (χ3v) is 6.24. The molecule has 0 aliphatic heterocycles. The number of halogens is 1. The first kappa shape index (κ1) is 19.5. The van der Waals surface area contributed by atoms with Crippen LogP contribution >= 0.6 is 22.9 Å².